The summed E-state index contributed by atoms with van der Waals surface area (Å²) in [6.45, 7) is 1.41. The van der Waals surface area contributed by atoms with Crippen molar-refractivity contribution in [2.24, 2.45) is 5.73 Å². The Balaban J connectivity index is 2.22. The minimum atomic E-state index is -0.372. The SMILES string of the molecule is NC1CCCN(c2c([N+](=O)[O-])cnc3ccc(Br)cc23)C1. The Hall–Kier alpha value is -1.73. The van der Waals surface area contributed by atoms with Gasteiger partial charge in [0, 0.05) is 29.0 Å². The van der Waals surface area contributed by atoms with Crippen LogP contribution >= 0.6 is 15.9 Å². The van der Waals surface area contributed by atoms with Gasteiger partial charge in [-0.15, -0.1) is 0 Å². The van der Waals surface area contributed by atoms with E-state index in [-0.39, 0.29) is 16.7 Å². The van der Waals surface area contributed by atoms with Crippen LogP contribution in [0.3, 0.4) is 0 Å². The van der Waals surface area contributed by atoms with E-state index in [2.05, 4.69) is 20.9 Å². The second kappa shape index (κ2) is 5.57. The molecule has 6 nitrogen and oxygen atoms in total. The van der Waals surface area contributed by atoms with Crippen LogP contribution in [0.5, 0.6) is 0 Å². The molecule has 0 radical (unpaired) electrons. The van der Waals surface area contributed by atoms with Crippen LogP contribution in [0.4, 0.5) is 11.4 Å². The topological polar surface area (TPSA) is 85.3 Å². The number of aromatic nitrogens is 1. The van der Waals surface area contributed by atoms with Gasteiger partial charge in [-0.25, -0.2) is 4.98 Å². The first-order chi connectivity index (χ1) is 10.1. The maximum atomic E-state index is 11.4. The van der Waals surface area contributed by atoms with Crippen molar-refractivity contribution < 1.29 is 4.92 Å². The quantitative estimate of drug-likeness (QED) is 0.664. The molecule has 3 rings (SSSR count). The van der Waals surface area contributed by atoms with Gasteiger partial charge in [-0.05, 0) is 31.0 Å². The molecule has 1 saturated heterocycles. The minimum Gasteiger partial charge on any atom is -0.364 e. The maximum absolute atomic E-state index is 11.4. The smallest absolute Gasteiger partial charge is 0.311 e. The predicted octanol–water partition coefficient (Wildman–Crippen LogP) is 2.83. The highest BCUT2D eigenvalue weighted by molar-refractivity contribution is 9.10. The maximum Gasteiger partial charge on any atom is 0.311 e. The fraction of sp³-hybridized carbons (Fsp3) is 0.357. The molecule has 1 unspecified atom stereocenters. The lowest BCUT2D eigenvalue weighted by atomic mass is 10.0. The fourth-order valence-corrected chi connectivity index (χ4v) is 3.18. The molecule has 1 aliphatic heterocycles. The third-order valence-electron chi connectivity index (χ3n) is 3.75. The van der Waals surface area contributed by atoms with Gasteiger partial charge in [0.15, 0.2) is 0 Å². The molecule has 2 aromatic rings. The van der Waals surface area contributed by atoms with Crippen molar-refractivity contribution in [1.82, 2.24) is 4.98 Å². The van der Waals surface area contributed by atoms with Crippen molar-refractivity contribution in [2.75, 3.05) is 18.0 Å². The van der Waals surface area contributed by atoms with Crippen LogP contribution in [0.15, 0.2) is 28.9 Å². The third-order valence-corrected chi connectivity index (χ3v) is 4.25. The molecule has 7 heteroatoms. The van der Waals surface area contributed by atoms with E-state index in [1.807, 2.05) is 23.1 Å². The average molecular weight is 351 g/mol. The van der Waals surface area contributed by atoms with E-state index in [0.29, 0.717) is 12.2 Å². The summed E-state index contributed by atoms with van der Waals surface area (Å²) in [5, 5.41) is 12.2. The molecule has 2 heterocycles. The molecular weight excluding hydrogens is 336 g/mol. The van der Waals surface area contributed by atoms with Crippen LogP contribution in [-0.4, -0.2) is 29.0 Å². The van der Waals surface area contributed by atoms with Gasteiger partial charge in [-0.2, -0.15) is 0 Å². The van der Waals surface area contributed by atoms with Gasteiger partial charge in [0.25, 0.3) is 0 Å². The monoisotopic (exact) mass is 350 g/mol. The molecule has 0 spiro atoms. The third kappa shape index (κ3) is 2.71. The first-order valence-electron chi connectivity index (χ1n) is 6.79. The summed E-state index contributed by atoms with van der Waals surface area (Å²) in [6, 6.07) is 5.67. The molecule has 110 valence electrons. The summed E-state index contributed by atoms with van der Waals surface area (Å²) >= 11 is 3.42. The van der Waals surface area contributed by atoms with Crippen LogP contribution in [-0.2, 0) is 0 Å². The number of nitrogens with two attached hydrogens (primary N) is 1. The Morgan fingerprint density at radius 2 is 2.29 bits per heavy atom. The average Bonchev–Trinajstić information content (AvgIpc) is 2.45. The van der Waals surface area contributed by atoms with Gasteiger partial charge in [-0.3, -0.25) is 10.1 Å². The molecule has 1 aromatic heterocycles. The zero-order valence-electron chi connectivity index (χ0n) is 11.3. The van der Waals surface area contributed by atoms with Crippen LogP contribution < -0.4 is 10.6 Å². The number of rotatable bonds is 2. The number of hydrogen-bond donors (Lipinski definition) is 1. The van der Waals surface area contributed by atoms with E-state index < -0.39 is 0 Å². The fourth-order valence-electron chi connectivity index (χ4n) is 2.82. The lowest BCUT2D eigenvalue weighted by Crippen LogP contribution is -2.43. The summed E-state index contributed by atoms with van der Waals surface area (Å²) in [5.41, 5.74) is 7.44. The number of benzene rings is 1. The van der Waals surface area contributed by atoms with E-state index in [9.17, 15) is 10.1 Å². The Kier molecular flexibility index (Phi) is 3.77. The molecule has 2 N–H and O–H groups in total. The molecular formula is C14H15BrN4O2. The predicted molar refractivity (Wildman–Crippen MR) is 85.5 cm³/mol. The standard InChI is InChI=1S/C14H15BrN4O2/c15-9-3-4-12-11(6-9)14(13(7-17-12)19(20)21)18-5-1-2-10(16)8-18/h3-4,6-7,10H,1-2,5,8,16H2. The zero-order valence-corrected chi connectivity index (χ0v) is 12.9. The number of pyridine rings is 1. The van der Waals surface area contributed by atoms with Gasteiger partial charge in [0.05, 0.1) is 10.4 Å². The second-order valence-corrected chi connectivity index (χ2v) is 6.17. The van der Waals surface area contributed by atoms with Crippen molar-refractivity contribution >= 4 is 38.2 Å². The lowest BCUT2D eigenvalue weighted by molar-refractivity contribution is -0.384. The highest BCUT2D eigenvalue weighted by Gasteiger charge is 2.26. The lowest BCUT2D eigenvalue weighted by Gasteiger charge is -2.32. The zero-order chi connectivity index (χ0) is 15.0. The Morgan fingerprint density at radius 3 is 3.00 bits per heavy atom. The Morgan fingerprint density at radius 1 is 1.48 bits per heavy atom. The molecule has 0 amide bonds. The molecule has 1 fully saturated rings. The molecule has 21 heavy (non-hydrogen) atoms. The normalized spacial score (nSPS) is 19.0. The molecule has 1 atom stereocenters. The van der Waals surface area contributed by atoms with E-state index in [1.54, 1.807) is 0 Å². The van der Waals surface area contributed by atoms with Crippen molar-refractivity contribution in [1.29, 1.82) is 0 Å². The number of halogens is 1. The van der Waals surface area contributed by atoms with Gasteiger partial charge < -0.3 is 10.6 Å². The van der Waals surface area contributed by atoms with Crippen molar-refractivity contribution in [3.63, 3.8) is 0 Å². The summed E-state index contributed by atoms with van der Waals surface area (Å²) in [5.74, 6) is 0. The number of hydrogen-bond acceptors (Lipinski definition) is 5. The number of anilines is 1. The van der Waals surface area contributed by atoms with Crippen LogP contribution in [0.1, 0.15) is 12.8 Å². The van der Waals surface area contributed by atoms with E-state index >= 15 is 0 Å². The van der Waals surface area contributed by atoms with E-state index in [0.717, 1.165) is 34.8 Å². The molecule has 1 aromatic carbocycles. The van der Waals surface area contributed by atoms with Gasteiger partial charge in [0.1, 0.15) is 11.9 Å². The van der Waals surface area contributed by atoms with E-state index in [1.165, 1.54) is 6.20 Å². The van der Waals surface area contributed by atoms with Crippen molar-refractivity contribution in [2.45, 2.75) is 18.9 Å². The van der Waals surface area contributed by atoms with Crippen LogP contribution in [0.25, 0.3) is 10.9 Å². The molecule has 0 saturated carbocycles. The van der Waals surface area contributed by atoms with Crippen LogP contribution in [0, 0.1) is 10.1 Å². The number of piperidine rings is 1. The summed E-state index contributed by atoms with van der Waals surface area (Å²) < 4.78 is 0.875. The van der Waals surface area contributed by atoms with Gasteiger partial charge in [0.2, 0.25) is 0 Å². The van der Waals surface area contributed by atoms with Crippen LogP contribution in [0.2, 0.25) is 0 Å². The molecule has 0 aliphatic carbocycles. The second-order valence-electron chi connectivity index (χ2n) is 5.26. The van der Waals surface area contributed by atoms with Gasteiger partial charge >= 0.3 is 5.69 Å². The number of nitro groups is 1. The highest BCUT2D eigenvalue weighted by atomic mass is 79.9. The summed E-state index contributed by atoms with van der Waals surface area (Å²) in [7, 11) is 0. The van der Waals surface area contributed by atoms with Gasteiger partial charge in [-0.1, -0.05) is 15.9 Å². The largest absolute Gasteiger partial charge is 0.364 e. The van der Waals surface area contributed by atoms with Crippen molar-refractivity contribution in [3.8, 4) is 0 Å². The summed E-state index contributed by atoms with van der Waals surface area (Å²) in [4.78, 5) is 17.2. The van der Waals surface area contributed by atoms with E-state index in [4.69, 9.17) is 5.73 Å². The first kappa shape index (κ1) is 14.2. The molecule has 0 bridgehead atoms. The minimum absolute atomic E-state index is 0.0368. The number of fused-ring (bicyclic) bond motifs is 1. The first-order valence-corrected chi connectivity index (χ1v) is 7.59. The molecule has 1 aliphatic rings. The Labute approximate surface area is 130 Å². The highest BCUT2D eigenvalue weighted by Crippen LogP contribution is 2.37. The Bertz CT molecular complexity index is 707. The van der Waals surface area contributed by atoms with Crippen molar-refractivity contribution in [3.05, 3.63) is 39.0 Å². The number of nitrogens with zero attached hydrogens (tertiary/aromatic N) is 3. The summed E-state index contributed by atoms with van der Waals surface area (Å²) in [6.07, 6.45) is 3.23.